The van der Waals surface area contributed by atoms with E-state index in [1.54, 1.807) is 0 Å². The Kier molecular flexibility index (Phi) is 8.66. The predicted octanol–water partition coefficient (Wildman–Crippen LogP) is 17.3. The van der Waals surface area contributed by atoms with E-state index in [2.05, 4.69) is 273 Å². The van der Waals surface area contributed by atoms with Gasteiger partial charge < -0.3 is 18.3 Å². The topological polar surface area (TPSA) is 43.5 Å². The molecule has 0 amide bonds. The van der Waals surface area contributed by atoms with Crippen LogP contribution in [0.3, 0.4) is 0 Å². The molecule has 0 N–H and O–H groups in total. The number of rotatable bonds is 6. The highest BCUT2D eigenvalue weighted by Gasteiger charge is 2.26. The van der Waals surface area contributed by atoms with E-state index < -0.39 is 0 Å². The zero-order chi connectivity index (χ0) is 47.4. The first kappa shape index (κ1) is 40.0. The number of fused-ring (bicyclic) bond motifs is 13. The fourth-order valence-corrected chi connectivity index (χ4v) is 11.9. The van der Waals surface area contributed by atoms with Gasteiger partial charge in [-0.3, -0.25) is 0 Å². The Morgan fingerprint density at radius 3 is 1.29 bits per heavy atom. The molecule has 0 unspecified atom stereocenters. The Bertz CT molecular complexity index is 4730. The van der Waals surface area contributed by atoms with Crippen LogP contribution < -0.4 is 0 Å². The van der Waals surface area contributed by atoms with E-state index in [1.807, 2.05) is 0 Å². The molecule has 11 aromatic carbocycles. The van der Waals surface area contributed by atoms with Crippen molar-refractivity contribution in [3.8, 4) is 51.1 Å². The summed E-state index contributed by atoms with van der Waals surface area (Å²) in [6, 6.07) is 92.1. The van der Waals surface area contributed by atoms with Crippen molar-refractivity contribution in [2.75, 3.05) is 0 Å². The van der Waals surface area contributed by atoms with Gasteiger partial charge in [-0.1, -0.05) is 164 Å². The second kappa shape index (κ2) is 15.6. The van der Waals surface area contributed by atoms with Crippen molar-refractivity contribution in [2.24, 2.45) is 0 Å². The summed E-state index contributed by atoms with van der Waals surface area (Å²) >= 11 is 0. The highest BCUT2D eigenvalue weighted by atomic mass is 15.0. The standard InChI is InChI=1S/C67H41N5/c68-42-56-62(71-58-32-15-12-29-51(58)55-40-64-54(41-65(55)71)50-28-11-14-31-57(50)70(64)48-25-8-3-9-26-48)38-46(45-22-18-21-44(37-45)43-19-4-1-5-20-43)39-63(56)72-59-33-16-10-27-49(59)52-35-36-61-66(67(52)72)53-30-13-17-34-60(53)69(61)47-23-6-2-7-24-47/h1-41H. The highest BCUT2D eigenvalue weighted by molar-refractivity contribution is 6.26. The summed E-state index contributed by atoms with van der Waals surface area (Å²) in [4.78, 5) is 0. The van der Waals surface area contributed by atoms with E-state index in [1.165, 1.54) is 5.39 Å². The molecular formula is C67H41N5. The zero-order valence-electron chi connectivity index (χ0n) is 38.9. The van der Waals surface area contributed by atoms with Crippen molar-refractivity contribution in [3.63, 3.8) is 0 Å². The number of hydrogen-bond acceptors (Lipinski definition) is 1. The first-order valence-corrected chi connectivity index (χ1v) is 24.5. The predicted molar refractivity (Wildman–Crippen MR) is 299 cm³/mol. The molecule has 0 aliphatic heterocycles. The van der Waals surface area contributed by atoms with Crippen LogP contribution in [0.5, 0.6) is 0 Å². The Morgan fingerprint density at radius 1 is 0.264 bits per heavy atom. The largest absolute Gasteiger partial charge is 0.309 e. The Balaban J connectivity index is 1.11. The number of aromatic nitrogens is 4. The molecule has 5 nitrogen and oxygen atoms in total. The lowest BCUT2D eigenvalue weighted by molar-refractivity contribution is 1.12. The van der Waals surface area contributed by atoms with Gasteiger partial charge in [0.15, 0.2) is 0 Å². The van der Waals surface area contributed by atoms with Crippen molar-refractivity contribution >= 4 is 87.2 Å². The van der Waals surface area contributed by atoms with Crippen molar-refractivity contribution in [1.82, 2.24) is 18.3 Å². The van der Waals surface area contributed by atoms with Gasteiger partial charge in [-0.25, -0.2) is 0 Å². The van der Waals surface area contributed by atoms with Gasteiger partial charge in [0.05, 0.1) is 55.5 Å². The minimum Gasteiger partial charge on any atom is -0.309 e. The van der Waals surface area contributed by atoms with Gasteiger partial charge in [-0.15, -0.1) is 0 Å². The van der Waals surface area contributed by atoms with Crippen molar-refractivity contribution < 1.29 is 0 Å². The summed E-state index contributed by atoms with van der Waals surface area (Å²) in [6.45, 7) is 0. The minimum atomic E-state index is 0.582. The van der Waals surface area contributed by atoms with Crippen molar-refractivity contribution in [3.05, 3.63) is 254 Å². The summed E-state index contributed by atoms with van der Waals surface area (Å²) in [6.07, 6.45) is 0. The fourth-order valence-electron chi connectivity index (χ4n) is 11.9. The van der Waals surface area contributed by atoms with Crippen molar-refractivity contribution in [2.45, 2.75) is 0 Å². The first-order chi connectivity index (χ1) is 35.7. The average molecular weight is 916 g/mol. The molecule has 0 spiro atoms. The summed E-state index contributed by atoms with van der Waals surface area (Å²) < 4.78 is 9.51. The molecule has 15 rings (SSSR count). The summed E-state index contributed by atoms with van der Waals surface area (Å²) in [5, 5.41) is 21.1. The molecule has 5 heteroatoms. The van der Waals surface area contributed by atoms with E-state index >= 15 is 0 Å². The molecule has 4 heterocycles. The van der Waals surface area contributed by atoms with Crippen LogP contribution in [0, 0.1) is 11.3 Å². The van der Waals surface area contributed by atoms with Gasteiger partial charge in [0.1, 0.15) is 11.6 Å². The van der Waals surface area contributed by atoms with Crippen LogP contribution in [0.2, 0.25) is 0 Å². The monoisotopic (exact) mass is 915 g/mol. The third-order valence-electron chi connectivity index (χ3n) is 15.0. The summed E-state index contributed by atoms with van der Waals surface area (Å²) in [5.41, 5.74) is 17.4. The van der Waals surface area contributed by atoms with Gasteiger partial charge in [0, 0.05) is 54.5 Å². The molecule has 334 valence electrons. The first-order valence-electron chi connectivity index (χ1n) is 24.5. The number of para-hydroxylation sites is 6. The zero-order valence-corrected chi connectivity index (χ0v) is 38.9. The number of nitriles is 1. The van der Waals surface area contributed by atoms with Crippen LogP contribution >= 0.6 is 0 Å². The van der Waals surface area contributed by atoms with E-state index in [0.717, 1.165) is 127 Å². The molecule has 4 aromatic heterocycles. The average Bonchev–Trinajstić information content (AvgIpc) is 4.17. The smallest absolute Gasteiger partial charge is 0.104 e. The van der Waals surface area contributed by atoms with Gasteiger partial charge in [-0.05, 0) is 107 Å². The van der Waals surface area contributed by atoms with Crippen LogP contribution in [0.4, 0.5) is 0 Å². The molecule has 0 saturated carbocycles. The normalized spacial score (nSPS) is 11.9. The van der Waals surface area contributed by atoms with E-state index in [-0.39, 0.29) is 0 Å². The molecule has 0 saturated heterocycles. The maximum absolute atomic E-state index is 12.0. The highest BCUT2D eigenvalue weighted by Crippen LogP contribution is 2.46. The Morgan fingerprint density at radius 2 is 0.694 bits per heavy atom. The van der Waals surface area contributed by atoms with Crippen LogP contribution in [-0.4, -0.2) is 18.3 Å². The number of hydrogen-bond donors (Lipinski definition) is 0. The SMILES string of the molecule is N#Cc1c(-n2c3ccccc3c3cc4c(cc32)c2ccccc2n4-c2ccccc2)cc(-c2cccc(-c3ccccc3)c2)cc1-n1c2ccccc2c2ccc3c(c4ccccc4n3-c3ccccc3)c21. The molecule has 72 heavy (non-hydrogen) atoms. The molecule has 0 bridgehead atoms. The Hall–Kier alpha value is -9.89. The molecular weight excluding hydrogens is 875 g/mol. The van der Waals surface area contributed by atoms with Crippen molar-refractivity contribution in [1.29, 1.82) is 5.26 Å². The summed E-state index contributed by atoms with van der Waals surface area (Å²) in [5.74, 6) is 0. The third-order valence-corrected chi connectivity index (χ3v) is 15.0. The van der Waals surface area contributed by atoms with Crippen LogP contribution in [0.1, 0.15) is 5.56 Å². The number of nitrogens with zero attached hydrogens (tertiary/aromatic N) is 5. The van der Waals surface area contributed by atoms with Gasteiger partial charge in [-0.2, -0.15) is 5.26 Å². The minimum absolute atomic E-state index is 0.582. The van der Waals surface area contributed by atoms with E-state index in [4.69, 9.17) is 0 Å². The second-order valence-electron chi connectivity index (χ2n) is 18.8. The van der Waals surface area contributed by atoms with E-state index in [0.29, 0.717) is 5.56 Å². The molecule has 15 aromatic rings. The van der Waals surface area contributed by atoms with Crippen LogP contribution in [0.15, 0.2) is 249 Å². The summed E-state index contributed by atoms with van der Waals surface area (Å²) in [7, 11) is 0. The molecule has 0 aliphatic carbocycles. The van der Waals surface area contributed by atoms with Gasteiger partial charge >= 0.3 is 0 Å². The quantitative estimate of drug-likeness (QED) is 0.164. The van der Waals surface area contributed by atoms with Crippen LogP contribution in [0.25, 0.3) is 132 Å². The maximum atomic E-state index is 12.0. The lowest BCUT2D eigenvalue weighted by Crippen LogP contribution is -2.05. The maximum Gasteiger partial charge on any atom is 0.104 e. The third kappa shape index (κ3) is 5.75. The lowest BCUT2D eigenvalue weighted by atomic mass is 9.96. The molecule has 0 radical (unpaired) electrons. The Labute approximate surface area is 414 Å². The van der Waals surface area contributed by atoms with Crippen LogP contribution in [-0.2, 0) is 0 Å². The van der Waals surface area contributed by atoms with E-state index in [9.17, 15) is 5.26 Å². The van der Waals surface area contributed by atoms with Gasteiger partial charge in [0.25, 0.3) is 0 Å². The lowest BCUT2D eigenvalue weighted by Gasteiger charge is -2.19. The molecule has 0 fully saturated rings. The molecule has 0 aliphatic rings. The molecule has 0 atom stereocenters. The second-order valence-corrected chi connectivity index (χ2v) is 18.8. The number of benzene rings is 11. The fraction of sp³-hybridized carbons (Fsp3) is 0. The van der Waals surface area contributed by atoms with Gasteiger partial charge in [0.2, 0.25) is 0 Å².